The zero-order chi connectivity index (χ0) is 20.4. The fourth-order valence-electron chi connectivity index (χ4n) is 3.68. The van der Waals surface area contributed by atoms with Crippen LogP contribution in [0.1, 0.15) is 46.7 Å². The number of amides is 1. The first kappa shape index (κ1) is 18.7. The van der Waals surface area contributed by atoms with Gasteiger partial charge in [0.1, 0.15) is 6.33 Å². The van der Waals surface area contributed by atoms with Gasteiger partial charge in [-0.05, 0) is 32.0 Å². The molecule has 0 aliphatic carbocycles. The molecule has 0 N–H and O–H groups in total. The van der Waals surface area contributed by atoms with E-state index >= 15 is 0 Å². The molecule has 29 heavy (non-hydrogen) atoms. The monoisotopic (exact) mass is 382 g/mol. The maximum Gasteiger partial charge on any atom is 0.274 e. The predicted molar refractivity (Wildman–Crippen MR) is 115 cm³/mol. The second kappa shape index (κ2) is 7.76. The van der Waals surface area contributed by atoms with Crippen molar-refractivity contribution in [3.63, 3.8) is 0 Å². The molecule has 3 aromatic rings. The molecule has 5 nitrogen and oxygen atoms in total. The fourth-order valence-corrected chi connectivity index (χ4v) is 3.68. The highest BCUT2D eigenvalue weighted by atomic mass is 16.2. The molecule has 0 atom stereocenters. The Hall–Kier alpha value is -3.65. The van der Waals surface area contributed by atoms with Gasteiger partial charge in [0.25, 0.3) is 5.91 Å². The van der Waals surface area contributed by atoms with Crippen molar-refractivity contribution in [2.75, 3.05) is 13.1 Å². The average Bonchev–Trinajstić information content (AvgIpc) is 3.12. The molecule has 0 saturated carbocycles. The van der Waals surface area contributed by atoms with Crippen LogP contribution in [0.4, 0.5) is 0 Å². The number of rotatable bonds is 4. The number of carbonyl (C=O) groups is 1. The van der Waals surface area contributed by atoms with Gasteiger partial charge in [0.15, 0.2) is 5.69 Å². The molecule has 0 spiro atoms. The molecule has 0 radical (unpaired) electrons. The van der Waals surface area contributed by atoms with Crippen LogP contribution in [0, 0.1) is 12.3 Å². The van der Waals surface area contributed by atoms with Crippen molar-refractivity contribution in [3.05, 3.63) is 82.9 Å². The van der Waals surface area contributed by atoms with Gasteiger partial charge in [-0.3, -0.25) is 14.4 Å². The van der Waals surface area contributed by atoms with Crippen LogP contribution in [-0.2, 0) is 6.54 Å². The SMILES string of the molecule is C#Cc1ccc2c(c1)C(c1ccccc1)=NCc1c(C(=O)N(CC)CC)ncn1-2. The third-order valence-corrected chi connectivity index (χ3v) is 5.23. The summed E-state index contributed by atoms with van der Waals surface area (Å²) in [5.41, 5.74) is 5.77. The Balaban J connectivity index is 1.91. The highest BCUT2D eigenvalue weighted by Crippen LogP contribution is 2.28. The number of terminal acetylenes is 1. The summed E-state index contributed by atoms with van der Waals surface area (Å²) in [6.45, 7) is 5.59. The standard InChI is InChI=1S/C24H22N4O/c1-4-17-12-13-20-19(14-17)22(18-10-8-7-9-11-18)25-15-21-23(26-16-28(20)21)24(29)27(5-2)6-3/h1,7-14,16H,5-6,15H2,2-3H3. The zero-order valence-corrected chi connectivity index (χ0v) is 16.6. The molecule has 144 valence electrons. The third-order valence-electron chi connectivity index (χ3n) is 5.23. The van der Waals surface area contributed by atoms with E-state index in [9.17, 15) is 4.79 Å². The summed E-state index contributed by atoms with van der Waals surface area (Å²) in [6, 6.07) is 15.9. The molecule has 5 heteroatoms. The van der Waals surface area contributed by atoms with Gasteiger partial charge in [-0.2, -0.15) is 0 Å². The van der Waals surface area contributed by atoms with E-state index in [0.717, 1.165) is 33.8 Å². The fraction of sp³-hybridized carbons (Fsp3) is 0.208. The highest BCUT2D eigenvalue weighted by Gasteiger charge is 2.26. The van der Waals surface area contributed by atoms with Gasteiger partial charge in [-0.15, -0.1) is 6.42 Å². The van der Waals surface area contributed by atoms with Crippen LogP contribution in [0.5, 0.6) is 0 Å². The lowest BCUT2D eigenvalue weighted by Gasteiger charge is -2.18. The van der Waals surface area contributed by atoms with E-state index in [-0.39, 0.29) is 5.91 Å². The Bertz CT molecular complexity index is 1130. The quantitative estimate of drug-likeness (QED) is 0.646. The number of fused-ring (bicyclic) bond motifs is 3. The maximum absolute atomic E-state index is 13.0. The van der Waals surface area contributed by atoms with Crippen LogP contribution in [0.25, 0.3) is 5.69 Å². The predicted octanol–water partition coefficient (Wildman–Crippen LogP) is 3.69. The first-order valence-electron chi connectivity index (χ1n) is 9.74. The average molecular weight is 382 g/mol. The van der Waals surface area contributed by atoms with Crippen LogP contribution in [-0.4, -0.2) is 39.2 Å². The molecule has 2 heterocycles. The minimum Gasteiger partial charge on any atom is -0.338 e. The lowest BCUT2D eigenvalue weighted by Crippen LogP contribution is -2.31. The minimum absolute atomic E-state index is 0.0658. The number of hydrogen-bond acceptors (Lipinski definition) is 3. The number of aliphatic imine (C=N–C) groups is 1. The number of benzene rings is 2. The second-order valence-electron chi connectivity index (χ2n) is 6.79. The summed E-state index contributed by atoms with van der Waals surface area (Å²) in [4.78, 5) is 24.1. The molecule has 1 aromatic heterocycles. The largest absolute Gasteiger partial charge is 0.338 e. The molecule has 1 aliphatic rings. The van der Waals surface area contributed by atoms with E-state index in [4.69, 9.17) is 11.4 Å². The molecule has 1 aliphatic heterocycles. The molecule has 4 rings (SSSR count). The topological polar surface area (TPSA) is 50.5 Å². The van der Waals surface area contributed by atoms with Crippen LogP contribution in [0.3, 0.4) is 0 Å². The van der Waals surface area contributed by atoms with E-state index in [1.807, 2.05) is 66.9 Å². The highest BCUT2D eigenvalue weighted by molar-refractivity contribution is 6.15. The smallest absolute Gasteiger partial charge is 0.274 e. The molecule has 0 fully saturated rings. The Morgan fingerprint density at radius 3 is 2.62 bits per heavy atom. The van der Waals surface area contributed by atoms with Crippen molar-refractivity contribution in [2.45, 2.75) is 20.4 Å². The van der Waals surface area contributed by atoms with Gasteiger partial charge in [0, 0.05) is 29.8 Å². The van der Waals surface area contributed by atoms with Crippen molar-refractivity contribution in [2.24, 2.45) is 4.99 Å². The molecule has 0 unspecified atom stereocenters. The van der Waals surface area contributed by atoms with E-state index in [0.29, 0.717) is 25.3 Å². The number of imidazole rings is 1. The summed E-state index contributed by atoms with van der Waals surface area (Å²) in [6.07, 6.45) is 7.36. The summed E-state index contributed by atoms with van der Waals surface area (Å²) < 4.78 is 1.96. The van der Waals surface area contributed by atoms with Crippen molar-refractivity contribution in [1.29, 1.82) is 0 Å². The van der Waals surface area contributed by atoms with E-state index < -0.39 is 0 Å². The lowest BCUT2D eigenvalue weighted by molar-refractivity contribution is 0.0766. The van der Waals surface area contributed by atoms with E-state index in [2.05, 4.69) is 10.9 Å². The number of aromatic nitrogens is 2. The summed E-state index contributed by atoms with van der Waals surface area (Å²) in [7, 11) is 0. The molecule has 2 aromatic carbocycles. The Morgan fingerprint density at radius 2 is 1.93 bits per heavy atom. The van der Waals surface area contributed by atoms with Crippen molar-refractivity contribution < 1.29 is 4.79 Å². The number of hydrogen-bond donors (Lipinski definition) is 0. The van der Waals surface area contributed by atoms with Crippen molar-refractivity contribution >= 4 is 11.6 Å². The van der Waals surface area contributed by atoms with Crippen LogP contribution in [0.2, 0.25) is 0 Å². The van der Waals surface area contributed by atoms with E-state index in [1.54, 1.807) is 11.2 Å². The van der Waals surface area contributed by atoms with Gasteiger partial charge in [0.2, 0.25) is 0 Å². The Morgan fingerprint density at radius 1 is 1.17 bits per heavy atom. The molecular formula is C24H22N4O. The third kappa shape index (κ3) is 3.23. The maximum atomic E-state index is 13.0. The lowest BCUT2D eigenvalue weighted by atomic mass is 9.98. The zero-order valence-electron chi connectivity index (χ0n) is 16.6. The number of carbonyl (C=O) groups excluding carboxylic acids is 1. The van der Waals surface area contributed by atoms with Crippen molar-refractivity contribution in [1.82, 2.24) is 14.5 Å². The molecule has 0 bridgehead atoms. The second-order valence-corrected chi connectivity index (χ2v) is 6.79. The van der Waals surface area contributed by atoms with Gasteiger partial charge in [-0.1, -0.05) is 36.3 Å². The summed E-state index contributed by atoms with van der Waals surface area (Å²) >= 11 is 0. The molecule has 1 amide bonds. The van der Waals surface area contributed by atoms with Crippen LogP contribution in [0.15, 0.2) is 59.9 Å². The number of nitrogens with zero attached hydrogens (tertiary/aromatic N) is 4. The Labute approximate surface area is 170 Å². The van der Waals surface area contributed by atoms with Gasteiger partial charge < -0.3 is 4.90 Å². The van der Waals surface area contributed by atoms with Crippen molar-refractivity contribution in [3.8, 4) is 18.0 Å². The Kier molecular flexibility index (Phi) is 5.01. The van der Waals surface area contributed by atoms with Gasteiger partial charge >= 0.3 is 0 Å². The molecule has 0 saturated heterocycles. The van der Waals surface area contributed by atoms with Crippen LogP contribution >= 0.6 is 0 Å². The molecular weight excluding hydrogens is 360 g/mol. The first-order chi connectivity index (χ1) is 14.2. The van der Waals surface area contributed by atoms with Gasteiger partial charge in [0.05, 0.1) is 23.6 Å². The van der Waals surface area contributed by atoms with E-state index in [1.165, 1.54) is 0 Å². The summed E-state index contributed by atoms with van der Waals surface area (Å²) in [5.74, 6) is 2.64. The van der Waals surface area contributed by atoms with Gasteiger partial charge in [-0.25, -0.2) is 4.98 Å². The normalized spacial score (nSPS) is 12.2. The van der Waals surface area contributed by atoms with Crippen LogP contribution < -0.4 is 0 Å². The first-order valence-corrected chi connectivity index (χ1v) is 9.74. The summed E-state index contributed by atoms with van der Waals surface area (Å²) in [5, 5.41) is 0. The minimum atomic E-state index is -0.0658.